The predicted molar refractivity (Wildman–Crippen MR) is 102 cm³/mol. The van der Waals surface area contributed by atoms with Crippen molar-refractivity contribution in [3.63, 3.8) is 0 Å². The lowest BCUT2D eigenvalue weighted by atomic mass is 10.0. The Kier molecular flexibility index (Phi) is 3.92. The summed E-state index contributed by atoms with van der Waals surface area (Å²) in [5, 5.41) is 5.49. The summed E-state index contributed by atoms with van der Waals surface area (Å²) in [7, 11) is 0. The average Bonchev–Trinajstić information content (AvgIpc) is 3.02. The van der Waals surface area contributed by atoms with Crippen LogP contribution in [0.3, 0.4) is 0 Å². The van der Waals surface area contributed by atoms with Crippen molar-refractivity contribution in [2.45, 2.75) is 32.8 Å². The van der Waals surface area contributed by atoms with Gasteiger partial charge in [-0.3, -0.25) is 4.79 Å². The Morgan fingerprint density at radius 1 is 1.00 bits per heavy atom. The second kappa shape index (κ2) is 6.25. The van der Waals surface area contributed by atoms with Crippen LogP contribution in [0, 0.1) is 0 Å². The second-order valence-corrected chi connectivity index (χ2v) is 6.76. The molecule has 3 heteroatoms. The van der Waals surface area contributed by atoms with Gasteiger partial charge in [0.25, 0.3) is 5.91 Å². The largest absolute Gasteiger partial charge is 0.491 e. The SMILES string of the molecule is CC(C)Oc1cccc(C(=O)Nc2ccc3c4c(cccc24)CC3)c1. The highest BCUT2D eigenvalue weighted by molar-refractivity contribution is 6.10. The van der Waals surface area contributed by atoms with Crippen LogP contribution in [-0.4, -0.2) is 12.0 Å². The van der Waals surface area contributed by atoms with E-state index < -0.39 is 0 Å². The second-order valence-electron chi connectivity index (χ2n) is 6.76. The first kappa shape index (κ1) is 15.7. The molecule has 3 aromatic carbocycles. The van der Waals surface area contributed by atoms with Gasteiger partial charge in [0.2, 0.25) is 0 Å². The molecule has 1 amide bonds. The molecule has 1 aliphatic rings. The molecule has 126 valence electrons. The summed E-state index contributed by atoms with van der Waals surface area (Å²) < 4.78 is 5.69. The van der Waals surface area contributed by atoms with Crippen LogP contribution in [0.1, 0.15) is 35.3 Å². The maximum atomic E-state index is 12.7. The number of carbonyl (C=O) groups is 1. The van der Waals surface area contributed by atoms with E-state index in [-0.39, 0.29) is 12.0 Å². The Hall–Kier alpha value is -2.81. The maximum Gasteiger partial charge on any atom is 0.255 e. The third-order valence-electron chi connectivity index (χ3n) is 4.59. The van der Waals surface area contributed by atoms with E-state index >= 15 is 0 Å². The van der Waals surface area contributed by atoms with Crippen LogP contribution < -0.4 is 10.1 Å². The summed E-state index contributed by atoms with van der Waals surface area (Å²) in [4.78, 5) is 12.7. The molecule has 25 heavy (non-hydrogen) atoms. The molecule has 3 nitrogen and oxygen atoms in total. The van der Waals surface area contributed by atoms with Gasteiger partial charge in [0, 0.05) is 16.6 Å². The third-order valence-corrected chi connectivity index (χ3v) is 4.59. The number of ether oxygens (including phenoxy) is 1. The summed E-state index contributed by atoms with van der Waals surface area (Å²) in [6.45, 7) is 3.94. The normalized spacial score (nSPS) is 12.6. The topological polar surface area (TPSA) is 38.3 Å². The van der Waals surface area contributed by atoms with E-state index in [0.717, 1.165) is 23.9 Å². The first-order valence-corrected chi connectivity index (χ1v) is 8.73. The molecule has 0 atom stereocenters. The maximum absolute atomic E-state index is 12.7. The highest BCUT2D eigenvalue weighted by atomic mass is 16.5. The molecule has 1 N–H and O–H groups in total. The van der Waals surface area contributed by atoms with Crippen molar-refractivity contribution in [1.29, 1.82) is 0 Å². The molecule has 1 aliphatic carbocycles. The number of hydrogen-bond acceptors (Lipinski definition) is 2. The molecule has 0 heterocycles. The molecule has 0 saturated carbocycles. The van der Waals surface area contributed by atoms with Gasteiger partial charge in [0.15, 0.2) is 0 Å². The minimum atomic E-state index is -0.118. The van der Waals surface area contributed by atoms with Gasteiger partial charge in [0.05, 0.1) is 6.10 Å². The van der Waals surface area contributed by atoms with Gasteiger partial charge in [-0.25, -0.2) is 0 Å². The van der Waals surface area contributed by atoms with E-state index in [9.17, 15) is 4.79 Å². The van der Waals surface area contributed by atoms with Crippen molar-refractivity contribution in [1.82, 2.24) is 0 Å². The van der Waals surface area contributed by atoms with Crippen LogP contribution in [-0.2, 0) is 12.8 Å². The number of hydrogen-bond donors (Lipinski definition) is 1. The van der Waals surface area contributed by atoms with Crippen LogP contribution in [0.25, 0.3) is 10.8 Å². The fraction of sp³-hybridized carbons (Fsp3) is 0.227. The number of amides is 1. The summed E-state index contributed by atoms with van der Waals surface area (Å²) in [5.41, 5.74) is 4.20. The fourth-order valence-electron chi connectivity index (χ4n) is 3.53. The molecule has 0 saturated heterocycles. The molecule has 0 radical (unpaired) electrons. The summed E-state index contributed by atoms with van der Waals surface area (Å²) >= 11 is 0. The summed E-state index contributed by atoms with van der Waals surface area (Å²) in [5.74, 6) is 0.593. The van der Waals surface area contributed by atoms with Crippen LogP contribution >= 0.6 is 0 Å². The molecule has 0 fully saturated rings. The van der Waals surface area contributed by atoms with Gasteiger partial charge in [-0.1, -0.05) is 30.3 Å². The molecule has 0 unspecified atom stereocenters. The van der Waals surface area contributed by atoms with Crippen molar-refractivity contribution in [3.8, 4) is 5.75 Å². The van der Waals surface area contributed by atoms with E-state index in [1.54, 1.807) is 6.07 Å². The summed E-state index contributed by atoms with van der Waals surface area (Å²) in [6.07, 6.45) is 2.24. The number of anilines is 1. The molecular weight excluding hydrogens is 310 g/mol. The predicted octanol–water partition coefficient (Wildman–Crippen LogP) is 4.98. The molecule has 3 aromatic rings. The Bertz CT molecular complexity index is 949. The molecule has 0 aromatic heterocycles. The first-order chi connectivity index (χ1) is 12.1. The zero-order valence-electron chi connectivity index (χ0n) is 14.5. The molecule has 0 aliphatic heterocycles. The van der Waals surface area contributed by atoms with E-state index in [0.29, 0.717) is 11.3 Å². The van der Waals surface area contributed by atoms with Crippen molar-refractivity contribution >= 4 is 22.4 Å². The van der Waals surface area contributed by atoms with Crippen LogP contribution in [0.2, 0.25) is 0 Å². The highest BCUT2D eigenvalue weighted by Gasteiger charge is 2.17. The fourth-order valence-corrected chi connectivity index (χ4v) is 3.53. The van der Waals surface area contributed by atoms with Gasteiger partial charge in [0.1, 0.15) is 5.75 Å². The Labute approximate surface area is 147 Å². The van der Waals surface area contributed by atoms with E-state index in [1.807, 2.05) is 38.1 Å². The lowest BCUT2D eigenvalue weighted by molar-refractivity contribution is 0.102. The van der Waals surface area contributed by atoms with Crippen LogP contribution in [0.4, 0.5) is 5.69 Å². The molecule has 0 spiro atoms. The minimum absolute atomic E-state index is 0.0785. The van der Waals surface area contributed by atoms with Crippen LogP contribution in [0.5, 0.6) is 5.75 Å². The van der Waals surface area contributed by atoms with E-state index in [2.05, 4.69) is 29.6 Å². The lowest BCUT2D eigenvalue weighted by Gasteiger charge is -2.12. The number of nitrogens with one attached hydrogen (secondary N) is 1. The minimum Gasteiger partial charge on any atom is -0.491 e. The van der Waals surface area contributed by atoms with Crippen molar-refractivity contribution in [3.05, 3.63) is 71.3 Å². The lowest BCUT2D eigenvalue weighted by Crippen LogP contribution is -2.13. The van der Waals surface area contributed by atoms with Crippen molar-refractivity contribution in [2.24, 2.45) is 0 Å². The third kappa shape index (κ3) is 2.98. The zero-order valence-corrected chi connectivity index (χ0v) is 14.5. The number of carbonyl (C=O) groups excluding carboxylic acids is 1. The quantitative estimate of drug-likeness (QED) is 0.732. The highest BCUT2D eigenvalue weighted by Crippen LogP contribution is 2.35. The van der Waals surface area contributed by atoms with Crippen LogP contribution in [0.15, 0.2) is 54.6 Å². The monoisotopic (exact) mass is 331 g/mol. The number of benzene rings is 3. The van der Waals surface area contributed by atoms with Gasteiger partial charge >= 0.3 is 0 Å². The van der Waals surface area contributed by atoms with Gasteiger partial charge in [-0.15, -0.1) is 0 Å². The molecule has 4 rings (SSSR count). The Morgan fingerprint density at radius 2 is 1.76 bits per heavy atom. The smallest absolute Gasteiger partial charge is 0.255 e. The Morgan fingerprint density at radius 3 is 2.56 bits per heavy atom. The summed E-state index contributed by atoms with van der Waals surface area (Å²) in [6, 6.07) is 17.8. The molecule has 0 bridgehead atoms. The van der Waals surface area contributed by atoms with E-state index in [4.69, 9.17) is 4.74 Å². The van der Waals surface area contributed by atoms with Crippen molar-refractivity contribution in [2.75, 3.05) is 5.32 Å². The van der Waals surface area contributed by atoms with Crippen molar-refractivity contribution < 1.29 is 9.53 Å². The van der Waals surface area contributed by atoms with Gasteiger partial charge in [-0.2, -0.15) is 0 Å². The first-order valence-electron chi connectivity index (χ1n) is 8.73. The Balaban J connectivity index is 1.65. The standard InChI is InChI=1S/C22H21NO2/c1-14(2)25-18-7-3-6-17(13-18)22(24)23-20-12-11-16-10-9-15-5-4-8-19(20)21(15)16/h3-8,11-14H,9-10H2,1-2H3,(H,23,24). The van der Waals surface area contributed by atoms with Gasteiger partial charge < -0.3 is 10.1 Å². The van der Waals surface area contributed by atoms with Gasteiger partial charge in [-0.05, 0) is 67.5 Å². The zero-order chi connectivity index (χ0) is 17.4. The molecular formula is C22H21NO2. The van der Waals surface area contributed by atoms with E-state index in [1.165, 1.54) is 16.5 Å². The number of rotatable bonds is 4. The number of aryl methyl sites for hydroxylation is 2. The average molecular weight is 331 g/mol.